The Hall–Kier alpha value is -3.13. The zero-order valence-electron chi connectivity index (χ0n) is 16.5. The second-order valence-electron chi connectivity index (χ2n) is 7.26. The molecule has 2 N–H and O–H groups in total. The molecular formula is C21H22ClN5O3. The zero-order chi connectivity index (χ0) is 21.1. The maximum Gasteiger partial charge on any atom is 0.296 e. The highest BCUT2D eigenvalue weighted by Crippen LogP contribution is 2.32. The first-order valence-electron chi connectivity index (χ1n) is 9.82. The minimum Gasteiger partial charge on any atom is -0.483 e. The summed E-state index contributed by atoms with van der Waals surface area (Å²) in [6.07, 6.45) is 7.98. The molecule has 0 saturated heterocycles. The molecule has 8 nitrogen and oxygen atoms in total. The molecule has 4 aromatic rings. The van der Waals surface area contributed by atoms with Gasteiger partial charge in [0.15, 0.2) is 5.65 Å². The number of ether oxygens (including phenoxy) is 1. The molecule has 0 unspecified atom stereocenters. The van der Waals surface area contributed by atoms with Gasteiger partial charge in [-0.2, -0.15) is 10.1 Å². The number of H-pyrrole nitrogens is 1. The van der Waals surface area contributed by atoms with Crippen molar-refractivity contribution in [3.63, 3.8) is 0 Å². The Bertz CT molecular complexity index is 1180. The third kappa shape index (κ3) is 4.09. The monoisotopic (exact) mass is 427 g/mol. The summed E-state index contributed by atoms with van der Waals surface area (Å²) in [6, 6.07) is 8.49. The van der Waals surface area contributed by atoms with E-state index in [-0.39, 0.29) is 12.6 Å². The highest BCUT2D eigenvalue weighted by Gasteiger charge is 2.18. The number of carboxylic acid groups (broad SMARTS) is 1. The summed E-state index contributed by atoms with van der Waals surface area (Å²) in [7, 11) is 1.93. The van der Waals surface area contributed by atoms with E-state index in [0.717, 1.165) is 34.8 Å². The molecule has 3 heterocycles. The van der Waals surface area contributed by atoms with Crippen molar-refractivity contribution in [3.8, 4) is 17.3 Å². The van der Waals surface area contributed by atoms with Crippen LogP contribution in [-0.4, -0.2) is 42.4 Å². The first kappa shape index (κ1) is 20.2. The predicted molar refractivity (Wildman–Crippen MR) is 115 cm³/mol. The molecule has 0 spiro atoms. The number of nitrogens with one attached hydrogen (secondary N) is 1. The topological polar surface area (TPSA) is 106 Å². The van der Waals surface area contributed by atoms with Crippen LogP contribution in [0.25, 0.3) is 33.3 Å². The van der Waals surface area contributed by atoms with Crippen LogP contribution in [0.5, 0.6) is 6.01 Å². The number of pyridine rings is 1. The Kier molecular flexibility index (Phi) is 5.85. The van der Waals surface area contributed by atoms with Gasteiger partial charge in [-0.25, -0.2) is 4.98 Å². The number of aryl methyl sites for hydroxylation is 1. The molecule has 0 radical (unpaired) electrons. The predicted octanol–water partition coefficient (Wildman–Crippen LogP) is 4.58. The van der Waals surface area contributed by atoms with Crippen LogP contribution in [0.2, 0.25) is 5.02 Å². The fourth-order valence-corrected chi connectivity index (χ4v) is 4.07. The Balaban J connectivity index is 0.000000687. The first-order chi connectivity index (χ1) is 14.6. The van der Waals surface area contributed by atoms with E-state index >= 15 is 0 Å². The average Bonchev–Trinajstić information content (AvgIpc) is 3.30. The minimum atomic E-state index is -0.250. The lowest BCUT2D eigenvalue weighted by Gasteiger charge is -2.21. The van der Waals surface area contributed by atoms with Crippen LogP contribution < -0.4 is 4.74 Å². The number of hydrogen-bond donors (Lipinski definition) is 2. The largest absolute Gasteiger partial charge is 0.483 e. The van der Waals surface area contributed by atoms with Gasteiger partial charge in [0.05, 0.1) is 27.9 Å². The molecular weight excluding hydrogens is 406 g/mol. The first-order valence-corrected chi connectivity index (χ1v) is 10.2. The van der Waals surface area contributed by atoms with Crippen LogP contribution in [0.3, 0.4) is 0 Å². The molecule has 9 heteroatoms. The van der Waals surface area contributed by atoms with E-state index in [1.54, 1.807) is 0 Å². The van der Waals surface area contributed by atoms with Gasteiger partial charge in [0, 0.05) is 18.0 Å². The van der Waals surface area contributed by atoms with Gasteiger partial charge in [0.25, 0.3) is 12.5 Å². The highest BCUT2D eigenvalue weighted by molar-refractivity contribution is 6.33. The molecule has 5 rings (SSSR count). The lowest BCUT2D eigenvalue weighted by atomic mass is 9.98. The third-order valence-electron chi connectivity index (χ3n) is 5.26. The van der Waals surface area contributed by atoms with Crippen molar-refractivity contribution in [3.05, 3.63) is 35.5 Å². The van der Waals surface area contributed by atoms with E-state index in [4.69, 9.17) is 31.2 Å². The van der Waals surface area contributed by atoms with Crippen LogP contribution in [0, 0.1) is 0 Å². The fraction of sp³-hybridized carbons (Fsp3) is 0.333. The van der Waals surface area contributed by atoms with E-state index in [1.165, 1.54) is 19.3 Å². The SMILES string of the molecule is Cn1ncc2cc(-c3nc4nc(OC5CCCCC5)[nH]c4cc3Cl)ccc21.O=CO. The van der Waals surface area contributed by atoms with Crippen LogP contribution in [0.4, 0.5) is 0 Å². The normalized spacial score (nSPS) is 14.5. The maximum absolute atomic E-state index is 8.36. The van der Waals surface area contributed by atoms with Crippen molar-refractivity contribution in [2.24, 2.45) is 7.05 Å². The van der Waals surface area contributed by atoms with Crippen LogP contribution in [-0.2, 0) is 11.8 Å². The number of nitrogens with zero attached hydrogens (tertiary/aromatic N) is 4. The van der Waals surface area contributed by atoms with Gasteiger partial charge in [0.2, 0.25) is 0 Å². The molecule has 0 bridgehead atoms. The fourth-order valence-electron chi connectivity index (χ4n) is 3.81. The summed E-state index contributed by atoms with van der Waals surface area (Å²) in [6.45, 7) is -0.250. The van der Waals surface area contributed by atoms with E-state index in [9.17, 15) is 0 Å². The minimum absolute atomic E-state index is 0.238. The van der Waals surface area contributed by atoms with Gasteiger partial charge in [0.1, 0.15) is 6.10 Å². The summed E-state index contributed by atoms with van der Waals surface area (Å²) in [5.74, 6) is 0. The van der Waals surface area contributed by atoms with Crippen LogP contribution in [0.15, 0.2) is 30.5 Å². The summed E-state index contributed by atoms with van der Waals surface area (Å²) in [5.41, 5.74) is 4.13. The van der Waals surface area contributed by atoms with Gasteiger partial charge in [-0.05, 0) is 43.9 Å². The number of carbonyl (C=O) groups is 1. The number of imidazole rings is 1. The lowest BCUT2D eigenvalue weighted by molar-refractivity contribution is -0.122. The number of benzene rings is 1. The van der Waals surface area contributed by atoms with Gasteiger partial charge in [-0.15, -0.1) is 0 Å². The number of aromatic amines is 1. The smallest absolute Gasteiger partial charge is 0.296 e. The highest BCUT2D eigenvalue weighted by atomic mass is 35.5. The Morgan fingerprint density at radius 2 is 2.00 bits per heavy atom. The number of rotatable bonds is 3. The van der Waals surface area contributed by atoms with E-state index < -0.39 is 0 Å². The number of hydrogen-bond acceptors (Lipinski definition) is 5. The van der Waals surface area contributed by atoms with Crippen molar-refractivity contribution in [1.29, 1.82) is 0 Å². The zero-order valence-corrected chi connectivity index (χ0v) is 17.3. The van der Waals surface area contributed by atoms with Gasteiger partial charge in [-0.1, -0.05) is 24.1 Å². The number of aromatic nitrogens is 5. The van der Waals surface area contributed by atoms with Crippen LogP contribution >= 0.6 is 11.6 Å². The molecule has 30 heavy (non-hydrogen) atoms. The second-order valence-corrected chi connectivity index (χ2v) is 7.66. The molecule has 1 saturated carbocycles. The molecule has 0 atom stereocenters. The van der Waals surface area contributed by atoms with E-state index in [2.05, 4.69) is 21.1 Å². The average molecular weight is 428 g/mol. The van der Waals surface area contributed by atoms with Crippen molar-refractivity contribution < 1.29 is 14.6 Å². The quantitative estimate of drug-likeness (QED) is 0.463. The summed E-state index contributed by atoms with van der Waals surface area (Å²) in [4.78, 5) is 20.8. The molecule has 156 valence electrons. The molecule has 1 aromatic carbocycles. The van der Waals surface area contributed by atoms with Crippen molar-refractivity contribution in [2.75, 3.05) is 0 Å². The lowest BCUT2D eigenvalue weighted by Crippen LogP contribution is -2.20. The van der Waals surface area contributed by atoms with E-state index in [1.807, 2.05) is 36.1 Å². The second kappa shape index (κ2) is 8.71. The number of fused-ring (bicyclic) bond motifs is 2. The van der Waals surface area contributed by atoms with Crippen LogP contribution in [0.1, 0.15) is 32.1 Å². The van der Waals surface area contributed by atoms with Crippen molar-refractivity contribution in [1.82, 2.24) is 24.7 Å². The van der Waals surface area contributed by atoms with Gasteiger partial charge >= 0.3 is 0 Å². The number of halogens is 1. The maximum atomic E-state index is 8.36. The molecule has 1 aliphatic rings. The standard InChI is InChI=1S/C20H20ClN5O.CH2O2/c1-26-17-8-7-12(9-13(17)11-22-26)18-15(21)10-16-19(24-18)25-20(23-16)27-14-5-3-2-4-6-14;2-1-3/h7-11,14H,2-6H2,1H3,(H,23,24,25);1H,(H,2,3). The summed E-state index contributed by atoms with van der Waals surface area (Å²) in [5, 5.41) is 12.8. The molecule has 1 aliphatic carbocycles. The Morgan fingerprint density at radius 3 is 2.77 bits per heavy atom. The molecule has 1 fully saturated rings. The molecule has 0 aliphatic heterocycles. The summed E-state index contributed by atoms with van der Waals surface area (Å²) < 4.78 is 7.87. The van der Waals surface area contributed by atoms with Crippen molar-refractivity contribution >= 4 is 40.1 Å². The van der Waals surface area contributed by atoms with Gasteiger partial charge < -0.3 is 14.8 Å². The van der Waals surface area contributed by atoms with Gasteiger partial charge in [-0.3, -0.25) is 9.48 Å². The molecule has 0 amide bonds. The van der Waals surface area contributed by atoms with Crippen molar-refractivity contribution in [2.45, 2.75) is 38.2 Å². The molecule has 3 aromatic heterocycles. The third-order valence-corrected chi connectivity index (χ3v) is 5.54. The summed E-state index contributed by atoms with van der Waals surface area (Å²) >= 11 is 6.52. The Morgan fingerprint density at radius 1 is 1.23 bits per heavy atom. The Labute approximate surface area is 177 Å². The van der Waals surface area contributed by atoms with E-state index in [0.29, 0.717) is 22.4 Å².